The van der Waals surface area contributed by atoms with Crippen LogP contribution in [-0.2, 0) is 22.4 Å². The Bertz CT molecular complexity index is 1070. The van der Waals surface area contributed by atoms with Gasteiger partial charge in [-0.1, -0.05) is 24.1 Å². The van der Waals surface area contributed by atoms with Gasteiger partial charge in [-0.3, -0.25) is 14.4 Å². The first-order valence-corrected chi connectivity index (χ1v) is 12.9. The zero-order valence-corrected chi connectivity index (χ0v) is 20.8. The van der Waals surface area contributed by atoms with Crippen molar-refractivity contribution in [2.45, 2.75) is 44.6 Å². The minimum Gasteiger partial charge on any atom is -0.481 e. The number of halogens is 1. The molecule has 1 unspecified atom stereocenters. The molecule has 0 aliphatic carbocycles. The van der Waals surface area contributed by atoms with E-state index in [9.17, 15) is 14.4 Å². The quantitative estimate of drug-likeness (QED) is 0.534. The Labute approximate surface area is 208 Å². The number of thiophene rings is 1. The summed E-state index contributed by atoms with van der Waals surface area (Å²) in [4.78, 5) is 41.8. The number of nitrogens with one attached hydrogen (secondary N) is 1. The summed E-state index contributed by atoms with van der Waals surface area (Å²) in [7, 11) is 2.12. The van der Waals surface area contributed by atoms with Crippen molar-refractivity contribution in [3.05, 3.63) is 50.7 Å². The number of carbonyl (C=O) groups is 3. The fourth-order valence-electron chi connectivity index (χ4n) is 4.80. The summed E-state index contributed by atoms with van der Waals surface area (Å²) in [5, 5.41) is 12.0. The monoisotopic (exact) mass is 503 g/mol. The third-order valence-electron chi connectivity index (χ3n) is 6.74. The molecule has 9 heteroatoms. The molecule has 2 aromatic rings. The van der Waals surface area contributed by atoms with Gasteiger partial charge >= 0.3 is 5.97 Å². The molecule has 3 heterocycles. The highest BCUT2D eigenvalue weighted by Crippen LogP contribution is 2.32. The van der Waals surface area contributed by atoms with Crippen LogP contribution in [0.4, 0.5) is 5.69 Å². The molecule has 0 saturated carbocycles. The number of nitrogens with zero attached hydrogens (tertiary/aromatic N) is 2. The molecule has 2 N–H and O–H groups in total. The van der Waals surface area contributed by atoms with Crippen LogP contribution in [0.2, 0.25) is 4.34 Å². The minimum absolute atomic E-state index is 0.0180. The first kappa shape index (κ1) is 24.7. The third kappa shape index (κ3) is 5.79. The molecule has 4 rings (SSSR count). The van der Waals surface area contributed by atoms with Crippen molar-refractivity contribution < 1.29 is 19.5 Å². The van der Waals surface area contributed by atoms with Crippen molar-refractivity contribution in [1.82, 2.24) is 10.2 Å². The van der Waals surface area contributed by atoms with Gasteiger partial charge < -0.3 is 20.2 Å². The number of hydrogen-bond donors (Lipinski definition) is 2. The van der Waals surface area contributed by atoms with E-state index in [1.54, 1.807) is 17.0 Å². The number of likely N-dealkylation sites (N-methyl/N-ethyl adjacent to an activating group) is 1. The van der Waals surface area contributed by atoms with Crippen molar-refractivity contribution in [3.63, 3.8) is 0 Å². The smallest absolute Gasteiger partial charge is 0.303 e. The van der Waals surface area contributed by atoms with Gasteiger partial charge in [0.2, 0.25) is 5.91 Å². The zero-order chi connectivity index (χ0) is 24.2. The topological polar surface area (TPSA) is 89.9 Å². The number of aliphatic carboxylic acids is 1. The predicted octanol–water partition coefficient (Wildman–Crippen LogP) is 3.84. The van der Waals surface area contributed by atoms with Crippen molar-refractivity contribution in [2.24, 2.45) is 5.92 Å². The molecule has 0 radical (unpaired) electrons. The molecule has 1 saturated heterocycles. The Kier molecular flexibility index (Phi) is 7.91. The summed E-state index contributed by atoms with van der Waals surface area (Å²) in [6.45, 7) is 2.40. The van der Waals surface area contributed by atoms with Crippen LogP contribution in [0.3, 0.4) is 0 Å². The van der Waals surface area contributed by atoms with Crippen LogP contribution in [0.25, 0.3) is 0 Å². The van der Waals surface area contributed by atoms with Gasteiger partial charge in [0.15, 0.2) is 0 Å². The number of fused-ring (bicyclic) bond motifs is 1. The van der Waals surface area contributed by atoms with Crippen LogP contribution in [0.1, 0.15) is 46.5 Å². The van der Waals surface area contributed by atoms with E-state index >= 15 is 0 Å². The van der Waals surface area contributed by atoms with Crippen LogP contribution < -0.4 is 10.2 Å². The van der Waals surface area contributed by atoms with E-state index in [2.05, 4.69) is 29.4 Å². The molecule has 34 heavy (non-hydrogen) atoms. The van der Waals surface area contributed by atoms with Crippen molar-refractivity contribution in [1.29, 1.82) is 0 Å². The second-order valence-corrected chi connectivity index (χ2v) is 10.8. The Morgan fingerprint density at radius 1 is 1.15 bits per heavy atom. The molecular weight excluding hydrogens is 474 g/mol. The van der Waals surface area contributed by atoms with E-state index < -0.39 is 11.9 Å². The lowest BCUT2D eigenvalue weighted by Crippen LogP contribution is -2.40. The van der Waals surface area contributed by atoms with E-state index in [1.165, 1.54) is 22.5 Å². The lowest BCUT2D eigenvalue weighted by atomic mass is 9.95. The third-order valence-corrected chi connectivity index (χ3v) is 7.97. The van der Waals surface area contributed by atoms with Gasteiger partial charge in [-0.15, -0.1) is 11.3 Å². The molecule has 0 bridgehead atoms. The maximum Gasteiger partial charge on any atom is 0.303 e. The number of benzene rings is 1. The molecule has 1 aromatic heterocycles. The van der Waals surface area contributed by atoms with Crippen molar-refractivity contribution in [3.8, 4) is 0 Å². The first-order valence-electron chi connectivity index (χ1n) is 11.7. The molecular formula is C25H30ClN3O4S. The van der Waals surface area contributed by atoms with Crippen molar-refractivity contribution in [2.75, 3.05) is 31.6 Å². The number of anilines is 1. The van der Waals surface area contributed by atoms with Crippen LogP contribution in [0.5, 0.6) is 0 Å². The average molecular weight is 504 g/mol. The number of rotatable bonds is 8. The fourth-order valence-corrected chi connectivity index (χ4v) is 5.74. The summed E-state index contributed by atoms with van der Waals surface area (Å²) < 4.78 is 0.537. The van der Waals surface area contributed by atoms with Crippen LogP contribution in [0.15, 0.2) is 30.3 Å². The van der Waals surface area contributed by atoms with Gasteiger partial charge in [0.1, 0.15) is 0 Å². The predicted molar refractivity (Wildman–Crippen MR) is 134 cm³/mol. The molecule has 7 nitrogen and oxygen atoms in total. The molecule has 2 atom stereocenters. The molecule has 1 fully saturated rings. The summed E-state index contributed by atoms with van der Waals surface area (Å²) in [5.41, 5.74) is 3.46. The second kappa shape index (κ2) is 10.9. The minimum atomic E-state index is -0.838. The highest BCUT2D eigenvalue weighted by molar-refractivity contribution is 7.18. The average Bonchev–Trinajstić information content (AvgIpc) is 3.31. The lowest BCUT2D eigenvalue weighted by Gasteiger charge is -2.19. The van der Waals surface area contributed by atoms with Gasteiger partial charge in [-0.25, -0.2) is 0 Å². The Hall–Kier alpha value is -2.42. The number of carboxylic acids is 1. The fraction of sp³-hybridized carbons (Fsp3) is 0.480. The largest absolute Gasteiger partial charge is 0.481 e. The zero-order valence-electron chi connectivity index (χ0n) is 19.3. The van der Waals surface area contributed by atoms with Crippen LogP contribution >= 0.6 is 22.9 Å². The Balaban J connectivity index is 1.52. The molecule has 1 aromatic carbocycles. The van der Waals surface area contributed by atoms with Gasteiger partial charge in [-0.2, -0.15) is 0 Å². The van der Waals surface area contributed by atoms with Crippen LogP contribution in [0, 0.1) is 5.92 Å². The van der Waals surface area contributed by atoms with E-state index in [0.717, 1.165) is 31.6 Å². The normalized spacial score (nSPS) is 20.8. The van der Waals surface area contributed by atoms with Gasteiger partial charge in [0.05, 0.1) is 21.2 Å². The van der Waals surface area contributed by atoms with Gasteiger partial charge in [-0.05, 0) is 68.1 Å². The summed E-state index contributed by atoms with van der Waals surface area (Å²) >= 11 is 7.20. The lowest BCUT2D eigenvalue weighted by molar-refractivity contribution is -0.137. The Morgan fingerprint density at radius 3 is 2.62 bits per heavy atom. The molecule has 0 spiro atoms. The van der Waals surface area contributed by atoms with E-state index in [0.29, 0.717) is 35.0 Å². The van der Waals surface area contributed by atoms with Gasteiger partial charge in [0, 0.05) is 31.7 Å². The summed E-state index contributed by atoms with van der Waals surface area (Å²) in [5.74, 6) is -1.49. The van der Waals surface area contributed by atoms with Crippen LogP contribution in [-0.4, -0.2) is 60.5 Å². The van der Waals surface area contributed by atoms with Crippen molar-refractivity contribution >= 4 is 46.4 Å². The number of amides is 2. The van der Waals surface area contributed by atoms with E-state index in [-0.39, 0.29) is 24.3 Å². The van der Waals surface area contributed by atoms with Gasteiger partial charge in [0.25, 0.3) is 5.91 Å². The SMILES string of the molecule is CN1CCc2ccc(N3CC(NC(=O)c4ccc(Cl)s4)[C@@H](CCCCC(=O)O)C3=O)cc2CC1. The standard InChI is InChI=1S/C25H30ClN3O4S/c1-28-12-10-16-6-7-18(14-17(16)11-13-28)29-15-20(27-24(32)21-8-9-22(26)34-21)19(25(29)33)4-2-3-5-23(30)31/h6-9,14,19-20H,2-5,10-13,15H2,1H3,(H,27,32)(H,30,31)/t19-,20?/m1/s1. The maximum absolute atomic E-state index is 13.5. The molecule has 2 aliphatic rings. The molecule has 182 valence electrons. The first-order chi connectivity index (χ1) is 16.3. The molecule has 2 aliphatic heterocycles. The number of hydrogen-bond acceptors (Lipinski definition) is 5. The highest BCUT2D eigenvalue weighted by Gasteiger charge is 2.41. The number of carbonyl (C=O) groups excluding carboxylic acids is 2. The van der Waals surface area contributed by atoms with E-state index in [1.807, 2.05) is 6.07 Å². The second-order valence-electron chi connectivity index (χ2n) is 9.13. The highest BCUT2D eigenvalue weighted by atomic mass is 35.5. The Morgan fingerprint density at radius 2 is 1.91 bits per heavy atom. The number of carboxylic acid groups (broad SMARTS) is 1. The summed E-state index contributed by atoms with van der Waals surface area (Å²) in [6.07, 6.45) is 3.67. The van der Waals surface area contributed by atoms with E-state index in [4.69, 9.17) is 16.7 Å². The number of unbranched alkanes of at least 4 members (excludes halogenated alkanes) is 1. The molecule has 2 amide bonds. The maximum atomic E-state index is 13.5. The summed E-state index contributed by atoms with van der Waals surface area (Å²) in [6, 6.07) is 9.27.